The molecule has 0 N–H and O–H groups in total. The molecule has 24 heavy (non-hydrogen) atoms. The van der Waals surface area contributed by atoms with E-state index in [1.807, 2.05) is 30.3 Å². The molecule has 3 rings (SSSR count). The van der Waals surface area contributed by atoms with E-state index in [-0.39, 0.29) is 24.2 Å². The number of aromatic nitrogens is 2. The van der Waals surface area contributed by atoms with E-state index in [4.69, 9.17) is 4.74 Å². The Hall–Kier alpha value is -2.76. The Morgan fingerprint density at radius 2 is 2.00 bits per heavy atom. The van der Waals surface area contributed by atoms with Crippen LogP contribution in [0.1, 0.15) is 34.6 Å². The summed E-state index contributed by atoms with van der Waals surface area (Å²) in [5.41, 5.74) is 1.92. The van der Waals surface area contributed by atoms with E-state index in [1.165, 1.54) is 11.1 Å². The van der Waals surface area contributed by atoms with Gasteiger partial charge in [0.15, 0.2) is 0 Å². The minimum absolute atomic E-state index is 0.211. The third-order valence-electron chi connectivity index (χ3n) is 4.01. The van der Waals surface area contributed by atoms with Crippen molar-refractivity contribution in [2.75, 3.05) is 6.54 Å². The van der Waals surface area contributed by atoms with Crippen molar-refractivity contribution in [3.8, 4) is 0 Å². The lowest BCUT2D eigenvalue weighted by atomic mass is 10.2. The number of aryl methyl sites for hydroxylation is 1. The number of benzene rings is 1. The first-order chi connectivity index (χ1) is 11.6. The molecule has 1 aromatic carbocycles. The number of hydrogen-bond donors (Lipinski definition) is 0. The number of carbonyl (C=O) groups is 2. The van der Waals surface area contributed by atoms with Crippen LogP contribution in [0.5, 0.6) is 0 Å². The summed E-state index contributed by atoms with van der Waals surface area (Å²) < 4.78 is 5.38. The average Bonchev–Trinajstić information content (AvgIpc) is 3.10. The zero-order valence-electron chi connectivity index (χ0n) is 13.5. The van der Waals surface area contributed by atoms with Gasteiger partial charge in [-0.1, -0.05) is 30.3 Å². The predicted octanol–water partition coefficient (Wildman–Crippen LogP) is 2.13. The Bertz CT molecular complexity index is 716. The van der Waals surface area contributed by atoms with Crippen molar-refractivity contribution >= 4 is 11.9 Å². The van der Waals surface area contributed by atoms with Gasteiger partial charge in [-0.05, 0) is 25.3 Å². The Kier molecular flexibility index (Phi) is 4.84. The van der Waals surface area contributed by atoms with Crippen LogP contribution in [-0.2, 0) is 16.1 Å². The minimum atomic E-state index is -0.552. The molecule has 2 aromatic rings. The highest BCUT2D eigenvalue weighted by Crippen LogP contribution is 2.21. The van der Waals surface area contributed by atoms with Crippen LogP contribution in [0.3, 0.4) is 0 Å². The maximum Gasteiger partial charge on any atom is 0.329 e. The SMILES string of the molecule is Cc1cnc(C(=O)N2CCC[C@@H]2C(=O)OCc2ccccc2)cn1. The van der Waals surface area contributed by atoms with Gasteiger partial charge in [0.2, 0.25) is 0 Å². The van der Waals surface area contributed by atoms with Crippen molar-refractivity contribution < 1.29 is 14.3 Å². The van der Waals surface area contributed by atoms with Crippen LogP contribution in [0.2, 0.25) is 0 Å². The Morgan fingerprint density at radius 3 is 2.71 bits per heavy atom. The van der Waals surface area contributed by atoms with Crippen LogP contribution in [0, 0.1) is 6.92 Å². The van der Waals surface area contributed by atoms with Gasteiger partial charge in [0.05, 0.1) is 11.9 Å². The largest absolute Gasteiger partial charge is 0.459 e. The second kappa shape index (κ2) is 7.21. The molecule has 1 atom stereocenters. The quantitative estimate of drug-likeness (QED) is 0.805. The summed E-state index contributed by atoms with van der Waals surface area (Å²) in [6.45, 7) is 2.54. The first-order valence-electron chi connectivity index (χ1n) is 7.95. The molecule has 1 fully saturated rings. The number of carbonyl (C=O) groups excluding carboxylic acids is 2. The monoisotopic (exact) mass is 325 g/mol. The van der Waals surface area contributed by atoms with E-state index >= 15 is 0 Å². The first kappa shape index (κ1) is 16.1. The highest BCUT2D eigenvalue weighted by molar-refractivity contribution is 5.95. The van der Waals surface area contributed by atoms with Crippen molar-refractivity contribution in [2.24, 2.45) is 0 Å². The smallest absolute Gasteiger partial charge is 0.329 e. The zero-order valence-corrected chi connectivity index (χ0v) is 13.5. The van der Waals surface area contributed by atoms with Crippen LogP contribution < -0.4 is 0 Å². The molecule has 0 radical (unpaired) electrons. The number of nitrogens with zero attached hydrogens (tertiary/aromatic N) is 3. The molecule has 1 aromatic heterocycles. The summed E-state index contributed by atoms with van der Waals surface area (Å²) in [5, 5.41) is 0. The number of esters is 1. The van der Waals surface area contributed by atoms with Gasteiger partial charge in [0, 0.05) is 12.7 Å². The van der Waals surface area contributed by atoms with E-state index in [1.54, 1.807) is 13.1 Å². The van der Waals surface area contributed by atoms with Gasteiger partial charge in [-0.3, -0.25) is 9.78 Å². The molecular formula is C18H19N3O3. The Morgan fingerprint density at radius 1 is 1.21 bits per heavy atom. The fourth-order valence-electron chi connectivity index (χ4n) is 2.73. The number of likely N-dealkylation sites (tertiary alicyclic amines) is 1. The van der Waals surface area contributed by atoms with Gasteiger partial charge in [0.25, 0.3) is 5.91 Å². The molecule has 0 spiro atoms. The summed E-state index contributed by atoms with van der Waals surface area (Å²) in [5.74, 6) is -0.647. The van der Waals surface area contributed by atoms with Crippen molar-refractivity contribution in [1.29, 1.82) is 0 Å². The highest BCUT2D eigenvalue weighted by Gasteiger charge is 2.36. The summed E-state index contributed by atoms with van der Waals surface area (Å²) in [7, 11) is 0. The second-order valence-corrected chi connectivity index (χ2v) is 5.79. The highest BCUT2D eigenvalue weighted by atomic mass is 16.5. The summed E-state index contributed by atoms with van der Waals surface area (Å²) in [6, 6.07) is 8.93. The summed E-state index contributed by atoms with van der Waals surface area (Å²) in [6.07, 6.45) is 4.38. The molecule has 1 saturated heterocycles. The lowest BCUT2D eigenvalue weighted by Gasteiger charge is -2.22. The van der Waals surface area contributed by atoms with Crippen LogP contribution >= 0.6 is 0 Å². The maximum absolute atomic E-state index is 12.6. The molecule has 1 aliphatic heterocycles. The van der Waals surface area contributed by atoms with E-state index < -0.39 is 6.04 Å². The number of amides is 1. The van der Waals surface area contributed by atoms with Crippen molar-refractivity contribution in [3.63, 3.8) is 0 Å². The molecule has 0 saturated carbocycles. The van der Waals surface area contributed by atoms with E-state index in [2.05, 4.69) is 9.97 Å². The second-order valence-electron chi connectivity index (χ2n) is 5.79. The molecule has 124 valence electrons. The van der Waals surface area contributed by atoms with E-state index in [0.29, 0.717) is 13.0 Å². The first-order valence-corrected chi connectivity index (χ1v) is 7.95. The van der Waals surface area contributed by atoms with Gasteiger partial charge in [0.1, 0.15) is 18.3 Å². The standard InChI is InChI=1S/C18H19N3O3/c1-13-10-20-15(11-19-13)17(22)21-9-5-8-16(21)18(23)24-12-14-6-3-2-4-7-14/h2-4,6-7,10-11,16H,5,8-9,12H2,1H3/t16-/m1/s1. The van der Waals surface area contributed by atoms with Crippen molar-refractivity contribution in [1.82, 2.24) is 14.9 Å². The molecular weight excluding hydrogens is 306 g/mol. The molecule has 6 heteroatoms. The molecule has 1 amide bonds. The number of ether oxygens (including phenoxy) is 1. The van der Waals surface area contributed by atoms with Gasteiger partial charge >= 0.3 is 5.97 Å². The lowest BCUT2D eigenvalue weighted by molar-refractivity contribution is -0.149. The average molecular weight is 325 g/mol. The van der Waals surface area contributed by atoms with Crippen LogP contribution in [0.25, 0.3) is 0 Å². The van der Waals surface area contributed by atoms with Gasteiger partial charge in [-0.15, -0.1) is 0 Å². The van der Waals surface area contributed by atoms with Crippen LogP contribution in [-0.4, -0.2) is 39.3 Å². The minimum Gasteiger partial charge on any atom is -0.459 e. The lowest BCUT2D eigenvalue weighted by Crippen LogP contribution is -2.41. The normalized spacial score (nSPS) is 16.9. The van der Waals surface area contributed by atoms with Crippen LogP contribution in [0.4, 0.5) is 0 Å². The zero-order chi connectivity index (χ0) is 16.9. The summed E-state index contributed by atoms with van der Waals surface area (Å²) >= 11 is 0. The number of hydrogen-bond acceptors (Lipinski definition) is 5. The Balaban J connectivity index is 1.65. The third-order valence-corrected chi connectivity index (χ3v) is 4.01. The van der Waals surface area contributed by atoms with Crippen molar-refractivity contribution in [3.05, 3.63) is 59.7 Å². The number of rotatable bonds is 4. The fourth-order valence-corrected chi connectivity index (χ4v) is 2.73. The fraction of sp³-hybridized carbons (Fsp3) is 0.333. The van der Waals surface area contributed by atoms with E-state index in [0.717, 1.165) is 17.7 Å². The maximum atomic E-state index is 12.6. The molecule has 0 bridgehead atoms. The molecule has 1 aliphatic rings. The van der Waals surface area contributed by atoms with Gasteiger partial charge < -0.3 is 9.64 Å². The van der Waals surface area contributed by atoms with E-state index in [9.17, 15) is 9.59 Å². The molecule has 0 aliphatic carbocycles. The molecule has 6 nitrogen and oxygen atoms in total. The predicted molar refractivity (Wildman–Crippen MR) is 87.1 cm³/mol. The molecule has 2 heterocycles. The van der Waals surface area contributed by atoms with Crippen molar-refractivity contribution in [2.45, 2.75) is 32.4 Å². The summed E-state index contributed by atoms with van der Waals surface area (Å²) in [4.78, 5) is 34.7. The topological polar surface area (TPSA) is 72.4 Å². The Labute approximate surface area is 140 Å². The van der Waals surface area contributed by atoms with Gasteiger partial charge in [-0.25, -0.2) is 9.78 Å². The van der Waals surface area contributed by atoms with Gasteiger partial charge in [-0.2, -0.15) is 0 Å². The molecule has 0 unspecified atom stereocenters. The third kappa shape index (κ3) is 3.59. The van der Waals surface area contributed by atoms with Crippen LogP contribution in [0.15, 0.2) is 42.7 Å².